The lowest BCUT2D eigenvalue weighted by Gasteiger charge is -2.14. The molecule has 1 aromatic heterocycles. The van der Waals surface area contributed by atoms with Gasteiger partial charge in [0, 0.05) is 6.07 Å². The van der Waals surface area contributed by atoms with Crippen LogP contribution < -0.4 is 19.6 Å². The molecule has 0 aliphatic rings. The van der Waals surface area contributed by atoms with Crippen molar-refractivity contribution in [1.29, 1.82) is 0 Å². The molecular weight excluding hydrogens is 433 g/mol. The number of carbonyl (C=O) groups is 1. The van der Waals surface area contributed by atoms with Crippen molar-refractivity contribution in [3.8, 4) is 23.0 Å². The first-order valence-electron chi connectivity index (χ1n) is 9.57. The van der Waals surface area contributed by atoms with E-state index in [9.17, 15) is 22.8 Å². The average molecular weight is 452 g/mol. The Morgan fingerprint density at radius 3 is 2.31 bits per heavy atom. The zero-order valence-electron chi connectivity index (χ0n) is 17.2. The smallest absolute Gasteiger partial charge is 0.497 e. The second kappa shape index (κ2) is 9.63. The van der Waals surface area contributed by atoms with Gasteiger partial charge in [0.2, 0.25) is 11.2 Å². The van der Waals surface area contributed by atoms with Crippen LogP contribution in [0.1, 0.15) is 25.5 Å². The third kappa shape index (κ3) is 5.32. The summed E-state index contributed by atoms with van der Waals surface area (Å²) in [6, 6.07) is 9.06. The van der Waals surface area contributed by atoms with E-state index >= 15 is 0 Å². The highest BCUT2D eigenvalue weighted by atomic mass is 19.4. The van der Waals surface area contributed by atoms with Gasteiger partial charge < -0.3 is 23.4 Å². The minimum absolute atomic E-state index is 0.0160. The van der Waals surface area contributed by atoms with Crippen LogP contribution >= 0.6 is 0 Å². The van der Waals surface area contributed by atoms with E-state index in [0.29, 0.717) is 12.2 Å². The Bertz CT molecular complexity index is 1150. The fraction of sp³-hybridized carbons (Fsp3) is 0.273. The van der Waals surface area contributed by atoms with Crippen molar-refractivity contribution < 1.29 is 41.3 Å². The van der Waals surface area contributed by atoms with Crippen molar-refractivity contribution in [2.24, 2.45) is 0 Å². The zero-order chi connectivity index (χ0) is 23.3. The van der Waals surface area contributed by atoms with Gasteiger partial charge in [-0.3, -0.25) is 4.79 Å². The lowest BCUT2D eigenvalue weighted by atomic mass is 10.2. The van der Waals surface area contributed by atoms with Crippen LogP contribution in [-0.2, 0) is 10.9 Å². The Labute approximate surface area is 180 Å². The summed E-state index contributed by atoms with van der Waals surface area (Å²) >= 11 is 0. The number of carbonyl (C=O) groups excluding carboxylic acids is 1. The van der Waals surface area contributed by atoms with Gasteiger partial charge in [-0.15, -0.1) is 0 Å². The van der Waals surface area contributed by atoms with E-state index in [1.54, 1.807) is 0 Å². The number of hydrogen-bond donors (Lipinski definition) is 0. The normalized spacial score (nSPS) is 11.3. The van der Waals surface area contributed by atoms with Gasteiger partial charge >= 0.3 is 12.3 Å². The van der Waals surface area contributed by atoms with Gasteiger partial charge in [0.05, 0.1) is 19.1 Å². The molecule has 0 saturated carbocycles. The fourth-order valence-corrected chi connectivity index (χ4v) is 2.69. The predicted molar refractivity (Wildman–Crippen MR) is 107 cm³/mol. The van der Waals surface area contributed by atoms with E-state index in [4.69, 9.17) is 23.4 Å². The summed E-state index contributed by atoms with van der Waals surface area (Å²) < 4.78 is 65.8. The van der Waals surface area contributed by atoms with Crippen molar-refractivity contribution >= 4 is 17.1 Å². The average Bonchev–Trinajstić information content (AvgIpc) is 2.75. The SMILES string of the molecule is CCCCOC(=O)Oc1ccc2c(=O)c(Oc3ccc(OC)cc3)c(C(F)(F)F)oc2c1. The first-order chi connectivity index (χ1) is 15.2. The number of methoxy groups -OCH3 is 1. The molecule has 0 radical (unpaired) electrons. The molecule has 0 N–H and O–H groups in total. The Hall–Kier alpha value is -3.69. The maximum Gasteiger partial charge on any atom is 0.513 e. The molecule has 3 aromatic rings. The predicted octanol–water partition coefficient (Wildman–Crippen LogP) is 5.93. The number of unbranched alkanes of at least 4 members (excludes halogenated alkanes) is 1. The molecule has 0 aliphatic carbocycles. The summed E-state index contributed by atoms with van der Waals surface area (Å²) in [5, 5.41) is -0.187. The van der Waals surface area contributed by atoms with Gasteiger partial charge in [-0.05, 0) is 42.8 Å². The second-order valence-electron chi connectivity index (χ2n) is 6.58. The van der Waals surface area contributed by atoms with E-state index in [1.165, 1.54) is 43.5 Å². The maximum atomic E-state index is 13.6. The van der Waals surface area contributed by atoms with Crippen molar-refractivity contribution in [3.05, 3.63) is 58.4 Å². The largest absolute Gasteiger partial charge is 0.513 e. The Kier molecular flexibility index (Phi) is 6.92. The standard InChI is InChI=1S/C22H19F3O7/c1-3-4-11-29-21(27)31-15-9-10-16-17(12-15)32-20(22(23,24)25)19(18(16)26)30-14-7-5-13(28-2)6-8-14/h5-10,12H,3-4,11H2,1-2H3. The highest BCUT2D eigenvalue weighted by Gasteiger charge is 2.40. The van der Waals surface area contributed by atoms with Crippen LogP contribution in [0, 0.1) is 0 Å². The fourth-order valence-electron chi connectivity index (χ4n) is 2.69. The number of ether oxygens (including phenoxy) is 4. The van der Waals surface area contributed by atoms with Crippen LogP contribution in [0.2, 0.25) is 0 Å². The molecule has 0 unspecified atom stereocenters. The Morgan fingerprint density at radius 2 is 1.69 bits per heavy atom. The Balaban J connectivity index is 1.98. The molecule has 3 rings (SSSR count). The van der Waals surface area contributed by atoms with Gasteiger partial charge in [0.1, 0.15) is 22.8 Å². The van der Waals surface area contributed by atoms with E-state index in [2.05, 4.69) is 0 Å². The van der Waals surface area contributed by atoms with Gasteiger partial charge in [-0.25, -0.2) is 4.79 Å². The highest BCUT2D eigenvalue weighted by molar-refractivity contribution is 5.80. The van der Waals surface area contributed by atoms with Crippen LogP contribution in [0.4, 0.5) is 18.0 Å². The number of benzene rings is 2. The van der Waals surface area contributed by atoms with Crippen LogP contribution in [0.15, 0.2) is 51.7 Å². The van der Waals surface area contributed by atoms with Crippen LogP contribution in [-0.4, -0.2) is 19.9 Å². The van der Waals surface area contributed by atoms with Crippen molar-refractivity contribution in [2.45, 2.75) is 25.9 Å². The Morgan fingerprint density at radius 1 is 1.03 bits per heavy atom. The van der Waals surface area contributed by atoms with Gasteiger partial charge in [-0.1, -0.05) is 13.3 Å². The van der Waals surface area contributed by atoms with E-state index < -0.39 is 34.9 Å². The summed E-state index contributed by atoms with van der Waals surface area (Å²) in [6.45, 7) is 2.05. The summed E-state index contributed by atoms with van der Waals surface area (Å²) in [4.78, 5) is 24.5. The molecule has 10 heteroatoms. The molecule has 7 nitrogen and oxygen atoms in total. The summed E-state index contributed by atoms with van der Waals surface area (Å²) in [6.07, 6.45) is -4.61. The molecule has 0 amide bonds. The van der Waals surface area contributed by atoms with Crippen molar-refractivity contribution in [1.82, 2.24) is 0 Å². The topological polar surface area (TPSA) is 84.2 Å². The van der Waals surface area contributed by atoms with E-state index in [1.807, 2.05) is 6.92 Å². The third-order valence-corrected chi connectivity index (χ3v) is 4.28. The maximum absolute atomic E-state index is 13.6. The van der Waals surface area contributed by atoms with E-state index in [-0.39, 0.29) is 23.5 Å². The van der Waals surface area contributed by atoms with Crippen LogP contribution in [0.25, 0.3) is 11.0 Å². The summed E-state index contributed by atoms with van der Waals surface area (Å²) in [5.74, 6) is -2.33. The lowest BCUT2D eigenvalue weighted by Crippen LogP contribution is -2.16. The zero-order valence-corrected chi connectivity index (χ0v) is 17.2. The molecule has 170 valence electrons. The molecule has 2 aromatic carbocycles. The first-order valence-corrected chi connectivity index (χ1v) is 9.57. The minimum atomic E-state index is -5.02. The molecule has 0 spiro atoms. The molecule has 1 heterocycles. The van der Waals surface area contributed by atoms with Crippen LogP contribution in [0.3, 0.4) is 0 Å². The number of halogens is 3. The van der Waals surface area contributed by atoms with Crippen molar-refractivity contribution in [2.75, 3.05) is 13.7 Å². The number of hydrogen-bond acceptors (Lipinski definition) is 7. The monoisotopic (exact) mass is 452 g/mol. The number of fused-ring (bicyclic) bond motifs is 1. The number of alkyl halides is 3. The summed E-state index contributed by atoms with van der Waals surface area (Å²) in [7, 11) is 1.43. The van der Waals surface area contributed by atoms with Gasteiger partial charge in [0.25, 0.3) is 5.76 Å². The molecule has 32 heavy (non-hydrogen) atoms. The molecular formula is C22H19F3O7. The van der Waals surface area contributed by atoms with Gasteiger partial charge in [-0.2, -0.15) is 13.2 Å². The van der Waals surface area contributed by atoms with Crippen LogP contribution in [0.5, 0.6) is 23.0 Å². The quantitative estimate of drug-likeness (QED) is 0.250. The lowest BCUT2D eigenvalue weighted by molar-refractivity contribution is -0.154. The molecule has 0 saturated heterocycles. The molecule has 0 atom stereocenters. The molecule has 0 bridgehead atoms. The summed E-state index contributed by atoms with van der Waals surface area (Å²) in [5.41, 5.74) is -1.46. The molecule has 0 fully saturated rings. The second-order valence-corrected chi connectivity index (χ2v) is 6.58. The third-order valence-electron chi connectivity index (χ3n) is 4.28. The first kappa shape index (κ1) is 23.0. The minimum Gasteiger partial charge on any atom is -0.497 e. The number of rotatable bonds is 7. The van der Waals surface area contributed by atoms with Crippen molar-refractivity contribution in [3.63, 3.8) is 0 Å². The van der Waals surface area contributed by atoms with E-state index in [0.717, 1.165) is 12.5 Å². The highest BCUT2D eigenvalue weighted by Crippen LogP contribution is 2.38. The van der Waals surface area contributed by atoms with Gasteiger partial charge in [0.15, 0.2) is 0 Å². The molecule has 0 aliphatic heterocycles.